The molecule has 0 unspecified atom stereocenters. The van der Waals surface area contributed by atoms with E-state index in [1.54, 1.807) is 6.20 Å². The number of nitrogens with zero attached hydrogens (tertiary/aromatic N) is 3. The maximum Gasteiger partial charge on any atom is 0.226 e. The molecule has 3 heterocycles. The van der Waals surface area contributed by atoms with E-state index in [0.717, 1.165) is 17.9 Å². The Hall–Kier alpha value is -2.08. The van der Waals surface area contributed by atoms with Crippen molar-refractivity contribution in [1.82, 2.24) is 19.4 Å². The number of carbonyl (C=O) groups excluding carboxylic acids is 1. The molecule has 0 radical (unpaired) electrons. The van der Waals surface area contributed by atoms with Gasteiger partial charge in [-0.2, -0.15) is 0 Å². The van der Waals surface area contributed by atoms with Crippen LogP contribution >= 0.6 is 0 Å². The fourth-order valence-electron chi connectivity index (χ4n) is 2.75. The van der Waals surface area contributed by atoms with Gasteiger partial charge in [-0.25, -0.2) is 4.98 Å². The highest BCUT2D eigenvalue weighted by molar-refractivity contribution is 5.79. The number of aromatic nitrogens is 3. The minimum atomic E-state index is -0.251. The predicted octanol–water partition coefficient (Wildman–Crippen LogP) is 1.15. The van der Waals surface area contributed by atoms with Crippen LogP contribution in [0.5, 0.6) is 0 Å². The third-order valence-corrected chi connectivity index (χ3v) is 4.04. The third-order valence-electron chi connectivity index (χ3n) is 4.04. The van der Waals surface area contributed by atoms with Gasteiger partial charge in [0.25, 0.3) is 0 Å². The molecule has 0 aliphatic carbocycles. The summed E-state index contributed by atoms with van der Waals surface area (Å²) in [6, 6.07) is 3.97. The molecule has 2 atom stereocenters. The topological polar surface area (TPSA) is 61.1 Å². The normalized spacial score (nSPS) is 21.6. The maximum atomic E-state index is 12.4. The Morgan fingerprint density at radius 1 is 1.43 bits per heavy atom. The van der Waals surface area contributed by atoms with Crippen LogP contribution in [-0.2, 0) is 30.2 Å². The Morgan fingerprint density at radius 2 is 2.29 bits per heavy atom. The Kier molecular flexibility index (Phi) is 3.79. The van der Waals surface area contributed by atoms with E-state index in [9.17, 15) is 4.79 Å². The van der Waals surface area contributed by atoms with Gasteiger partial charge in [0.15, 0.2) is 0 Å². The summed E-state index contributed by atoms with van der Waals surface area (Å²) in [7, 11) is 3.89. The predicted molar refractivity (Wildman–Crippen MR) is 77.3 cm³/mol. The molecule has 1 aliphatic rings. The summed E-state index contributed by atoms with van der Waals surface area (Å²) < 4.78 is 9.64. The smallest absolute Gasteiger partial charge is 0.226 e. The molecule has 1 N–H and O–H groups in total. The number of rotatable bonds is 4. The van der Waals surface area contributed by atoms with Gasteiger partial charge in [-0.15, -0.1) is 0 Å². The first-order valence-electron chi connectivity index (χ1n) is 7.13. The van der Waals surface area contributed by atoms with E-state index in [4.69, 9.17) is 4.74 Å². The first kappa shape index (κ1) is 13.9. The molecule has 1 fully saturated rings. The number of hydrogen-bond donors (Lipinski definition) is 1. The van der Waals surface area contributed by atoms with E-state index in [2.05, 4.69) is 10.3 Å². The molecule has 3 rings (SSSR count). The molecule has 0 spiro atoms. The zero-order chi connectivity index (χ0) is 14.8. The summed E-state index contributed by atoms with van der Waals surface area (Å²) in [5, 5.41) is 3.00. The lowest BCUT2D eigenvalue weighted by atomic mass is 10.00. The van der Waals surface area contributed by atoms with E-state index in [1.165, 1.54) is 0 Å². The van der Waals surface area contributed by atoms with Crippen LogP contribution in [0.25, 0.3) is 0 Å². The van der Waals surface area contributed by atoms with Gasteiger partial charge >= 0.3 is 0 Å². The van der Waals surface area contributed by atoms with Crippen LogP contribution in [0.4, 0.5) is 0 Å². The van der Waals surface area contributed by atoms with Crippen LogP contribution in [-0.4, -0.2) is 26.6 Å². The van der Waals surface area contributed by atoms with Gasteiger partial charge in [-0.3, -0.25) is 4.79 Å². The van der Waals surface area contributed by atoms with Crippen LogP contribution < -0.4 is 5.32 Å². The molecule has 0 aromatic carbocycles. The largest absolute Gasteiger partial charge is 0.369 e. The lowest BCUT2D eigenvalue weighted by Crippen LogP contribution is -2.33. The van der Waals surface area contributed by atoms with Gasteiger partial charge in [0.2, 0.25) is 5.91 Å². The number of amides is 1. The molecule has 0 bridgehead atoms. The number of imidazole rings is 1. The van der Waals surface area contributed by atoms with E-state index in [1.807, 2.05) is 47.8 Å². The fraction of sp³-hybridized carbons (Fsp3) is 0.467. The van der Waals surface area contributed by atoms with Gasteiger partial charge in [-0.05, 0) is 18.6 Å². The Balaban J connectivity index is 1.66. The highest BCUT2D eigenvalue weighted by Crippen LogP contribution is 2.33. The average molecular weight is 288 g/mol. The molecule has 1 saturated heterocycles. The summed E-state index contributed by atoms with van der Waals surface area (Å²) in [4.78, 5) is 16.7. The van der Waals surface area contributed by atoms with Crippen molar-refractivity contribution in [2.45, 2.75) is 19.1 Å². The van der Waals surface area contributed by atoms with Crippen LogP contribution in [0.3, 0.4) is 0 Å². The molecule has 1 aliphatic heterocycles. The first-order valence-corrected chi connectivity index (χ1v) is 7.13. The molecule has 6 nitrogen and oxygen atoms in total. The van der Waals surface area contributed by atoms with E-state index in [-0.39, 0.29) is 17.9 Å². The molecule has 112 valence electrons. The van der Waals surface area contributed by atoms with Gasteiger partial charge < -0.3 is 19.2 Å². The lowest BCUT2D eigenvalue weighted by Gasteiger charge is -2.18. The van der Waals surface area contributed by atoms with Gasteiger partial charge in [0, 0.05) is 45.0 Å². The summed E-state index contributed by atoms with van der Waals surface area (Å²) in [6.07, 6.45) is 6.05. The first-order chi connectivity index (χ1) is 10.2. The molecule has 21 heavy (non-hydrogen) atoms. The maximum absolute atomic E-state index is 12.4. The van der Waals surface area contributed by atoms with Gasteiger partial charge in [0.05, 0.1) is 12.5 Å². The second-order valence-corrected chi connectivity index (χ2v) is 5.41. The average Bonchev–Trinajstić information content (AvgIpc) is 3.16. The van der Waals surface area contributed by atoms with Crippen molar-refractivity contribution in [3.05, 3.63) is 42.2 Å². The van der Waals surface area contributed by atoms with Crippen molar-refractivity contribution in [2.75, 3.05) is 6.61 Å². The number of nitrogens with one attached hydrogen (secondary N) is 1. The molecule has 6 heteroatoms. The summed E-state index contributed by atoms with van der Waals surface area (Å²) >= 11 is 0. The van der Waals surface area contributed by atoms with Gasteiger partial charge in [-0.1, -0.05) is 0 Å². The summed E-state index contributed by atoms with van der Waals surface area (Å²) in [5.74, 6) is 0.666. The van der Waals surface area contributed by atoms with E-state index < -0.39 is 0 Å². The second kappa shape index (κ2) is 5.73. The number of aryl methyl sites for hydroxylation is 2. The zero-order valence-corrected chi connectivity index (χ0v) is 12.3. The van der Waals surface area contributed by atoms with Crippen LogP contribution in [0.15, 0.2) is 30.7 Å². The number of hydrogen-bond acceptors (Lipinski definition) is 3. The fourth-order valence-corrected chi connectivity index (χ4v) is 2.75. The quantitative estimate of drug-likeness (QED) is 0.918. The molecule has 2 aromatic heterocycles. The Labute approximate surface area is 123 Å². The second-order valence-electron chi connectivity index (χ2n) is 5.41. The standard InChI is InChI=1S/C15H20N4O2/c1-18-7-3-4-11(18)10-17-15(20)12-5-9-21-13(12)14-16-6-8-19(14)2/h3-4,6-8,12-13H,5,9-10H2,1-2H3,(H,17,20)/t12-,13-/m1/s1. The van der Waals surface area contributed by atoms with Crippen molar-refractivity contribution in [2.24, 2.45) is 20.0 Å². The minimum Gasteiger partial charge on any atom is -0.369 e. The SMILES string of the molecule is Cn1cccc1CNC(=O)[C@@H]1CCO[C@H]1c1nccn1C. The van der Waals surface area contributed by atoms with E-state index in [0.29, 0.717) is 13.2 Å². The lowest BCUT2D eigenvalue weighted by molar-refractivity contribution is -0.127. The molecule has 0 saturated carbocycles. The highest BCUT2D eigenvalue weighted by Gasteiger charge is 2.37. The highest BCUT2D eigenvalue weighted by atomic mass is 16.5. The number of ether oxygens (including phenoxy) is 1. The van der Waals surface area contributed by atoms with Crippen molar-refractivity contribution < 1.29 is 9.53 Å². The van der Waals surface area contributed by atoms with Gasteiger partial charge in [0.1, 0.15) is 11.9 Å². The van der Waals surface area contributed by atoms with Crippen molar-refractivity contribution in [3.63, 3.8) is 0 Å². The molecular weight excluding hydrogens is 268 g/mol. The van der Waals surface area contributed by atoms with Crippen LogP contribution in [0, 0.1) is 5.92 Å². The monoisotopic (exact) mass is 288 g/mol. The number of carbonyl (C=O) groups is 1. The van der Waals surface area contributed by atoms with Crippen LogP contribution in [0.1, 0.15) is 24.0 Å². The molecular formula is C15H20N4O2. The Morgan fingerprint density at radius 3 is 2.95 bits per heavy atom. The zero-order valence-electron chi connectivity index (χ0n) is 12.3. The van der Waals surface area contributed by atoms with Crippen LogP contribution in [0.2, 0.25) is 0 Å². The summed E-state index contributed by atoms with van der Waals surface area (Å²) in [6.45, 7) is 1.13. The van der Waals surface area contributed by atoms with E-state index >= 15 is 0 Å². The third kappa shape index (κ3) is 2.71. The van der Waals surface area contributed by atoms with Crippen molar-refractivity contribution >= 4 is 5.91 Å². The van der Waals surface area contributed by atoms with Crippen molar-refractivity contribution in [3.8, 4) is 0 Å². The van der Waals surface area contributed by atoms with Crippen molar-refractivity contribution in [1.29, 1.82) is 0 Å². The summed E-state index contributed by atoms with van der Waals surface area (Å²) in [5.41, 5.74) is 1.08. The molecule has 1 amide bonds. The molecule has 2 aromatic rings. The minimum absolute atomic E-state index is 0.0294. The Bertz CT molecular complexity index is 631.